The summed E-state index contributed by atoms with van der Waals surface area (Å²) in [5.74, 6) is -0.00270. The Bertz CT molecular complexity index is 674. The van der Waals surface area contributed by atoms with Crippen LogP contribution in [0.5, 0.6) is 0 Å². The standard InChI is InChI=1S/C22H28N2O3/c25-21(18-27-15-7-12-19-8-3-1-4-9-19)17-23-13-14-24-22(26)16-20-10-5-2-6-11-20/h1-12,21,23,25H,13-18H2,(H,24,26). The molecule has 1 atom stereocenters. The van der Waals surface area contributed by atoms with Crippen molar-refractivity contribution >= 4 is 12.0 Å². The number of aliphatic hydroxyl groups excluding tert-OH is 1. The summed E-state index contributed by atoms with van der Waals surface area (Å²) in [6.45, 7) is 2.29. The van der Waals surface area contributed by atoms with Crippen molar-refractivity contribution in [3.05, 3.63) is 77.9 Å². The smallest absolute Gasteiger partial charge is 0.224 e. The molecule has 1 amide bonds. The zero-order valence-corrected chi connectivity index (χ0v) is 15.5. The summed E-state index contributed by atoms with van der Waals surface area (Å²) in [5.41, 5.74) is 2.12. The molecule has 0 aromatic heterocycles. The monoisotopic (exact) mass is 368 g/mol. The Labute approximate surface area is 161 Å². The molecule has 2 rings (SSSR count). The van der Waals surface area contributed by atoms with Gasteiger partial charge in [-0.1, -0.05) is 72.8 Å². The average Bonchev–Trinajstić information content (AvgIpc) is 2.69. The molecule has 0 aliphatic heterocycles. The van der Waals surface area contributed by atoms with E-state index >= 15 is 0 Å². The van der Waals surface area contributed by atoms with Crippen LogP contribution in [0, 0.1) is 0 Å². The van der Waals surface area contributed by atoms with Crippen LogP contribution in [0.2, 0.25) is 0 Å². The molecule has 0 heterocycles. The SMILES string of the molecule is O=C(Cc1ccccc1)NCCNCC(O)COCC=Cc1ccccc1. The summed E-state index contributed by atoms with van der Waals surface area (Å²) in [4.78, 5) is 11.8. The number of rotatable bonds is 12. The summed E-state index contributed by atoms with van der Waals surface area (Å²) in [5, 5.41) is 15.8. The van der Waals surface area contributed by atoms with Crippen molar-refractivity contribution in [3.63, 3.8) is 0 Å². The van der Waals surface area contributed by atoms with E-state index in [1.54, 1.807) is 0 Å². The second-order valence-electron chi connectivity index (χ2n) is 6.22. The van der Waals surface area contributed by atoms with Crippen molar-refractivity contribution in [1.82, 2.24) is 10.6 Å². The number of ether oxygens (including phenoxy) is 1. The molecule has 1 unspecified atom stereocenters. The molecule has 2 aromatic carbocycles. The van der Waals surface area contributed by atoms with Crippen molar-refractivity contribution in [2.45, 2.75) is 12.5 Å². The molecule has 0 aliphatic rings. The van der Waals surface area contributed by atoms with Crippen LogP contribution in [0.25, 0.3) is 6.08 Å². The second-order valence-corrected chi connectivity index (χ2v) is 6.22. The topological polar surface area (TPSA) is 70.6 Å². The first-order valence-electron chi connectivity index (χ1n) is 9.23. The number of carbonyl (C=O) groups is 1. The maximum Gasteiger partial charge on any atom is 0.224 e. The van der Waals surface area contributed by atoms with Gasteiger partial charge in [-0.15, -0.1) is 0 Å². The second kappa shape index (κ2) is 12.8. The lowest BCUT2D eigenvalue weighted by Crippen LogP contribution is -2.37. The molecule has 0 saturated carbocycles. The summed E-state index contributed by atoms with van der Waals surface area (Å²) < 4.78 is 5.43. The number of hydrogen-bond acceptors (Lipinski definition) is 4. The maximum absolute atomic E-state index is 11.8. The predicted molar refractivity (Wildman–Crippen MR) is 108 cm³/mol. The number of benzene rings is 2. The van der Waals surface area contributed by atoms with Crippen LogP contribution in [-0.4, -0.2) is 50.0 Å². The Hall–Kier alpha value is -2.47. The van der Waals surface area contributed by atoms with Crippen LogP contribution in [0.15, 0.2) is 66.7 Å². The number of amides is 1. The zero-order valence-electron chi connectivity index (χ0n) is 15.5. The summed E-state index contributed by atoms with van der Waals surface area (Å²) in [6, 6.07) is 19.6. The van der Waals surface area contributed by atoms with Crippen LogP contribution in [0.4, 0.5) is 0 Å². The molecular weight excluding hydrogens is 340 g/mol. The first kappa shape index (κ1) is 20.8. The molecule has 144 valence electrons. The minimum atomic E-state index is -0.574. The lowest BCUT2D eigenvalue weighted by molar-refractivity contribution is -0.120. The highest BCUT2D eigenvalue weighted by molar-refractivity contribution is 5.78. The summed E-state index contributed by atoms with van der Waals surface area (Å²) in [6.07, 6.45) is 3.73. The maximum atomic E-state index is 11.8. The van der Waals surface area contributed by atoms with E-state index in [0.717, 1.165) is 11.1 Å². The van der Waals surface area contributed by atoms with Gasteiger partial charge in [-0.2, -0.15) is 0 Å². The molecule has 3 N–H and O–H groups in total. The van der Waals surface area contributed by atoms with Crippen LogP contribution in [0.3, 0.4) is 0 Å². The quantitative estimate of drug-likeness (QED) is 0.502. The molecule has 0 fully saturated rings. The van der Waals surface area contributed by atoms with Gasteiger partial charge >= 0.3 is 0 Å². The number of nitrogens with one attached hydrogen (secondary N) is 2. The summed E-state index contributed by atoms with van der Waals surface area (Å²) >= 11 is 0. The number of hydrogen-bond donors (Lipinski definition) is 3. The fourth-order valence-electron chi connectivity index (χ4n) is 2.48. The summed E-state index contributed by atoms with van der Waals surface area (Å²) in [7, 11) is 0. The van der Waals surface area contributed by atoms with Gasteiger partial charge in [-0.3, -0.25) is 4.79 Å². The fourth-order valence-corrected chi connectivity index (χ4v) is 2.48. The highest BCUT2D eigenvalue weighted by atomic mass is 16.5. The van der Waals surface area contributed by atoms with Crippen molar-refractivity contribution in [3.8, 4) is 0 Å². The van der Waals surface area contributed by atoms with Crippen molar-refractivity contribution < 1.29 is 14.6 Å². The molecule has 2 aromatic rings. The van der Waals surface area contributed by atoms with Gasteiger partial charge in [0.05, 0.1) is 25.7 Å². The lowest BCUT2D eigenvalue weighted by Gasteiger charge is -2.12. The largest absolute Gasteiger partial charge is 0.389 e. The molecule has 5 nitrogen and oxygen atoms in total. The number of carbonyl (C=O) groups excluding carboxylic acids is 1. The van der Waals surface area contributed by atoms with Gasteiger partial charge < -0.3 is 20.5 Å². The van der Waals surface area contributed by atoms with Gasteiger partial charge in [0.1, 0.15) is 0 Å². The Morgan fingerprint density at radius 1 is 1.04 bits per heavy atom. The van der Waals surface area contributed by atoms with E-state index < -0.39 is 6.10 Å². The molecule has 27 heavy (non-hydrogen) atoms. The van der Waals surface area contributed by atoms with E-state index in [0.29, 0.717) is 32.7 Å². The van der Waals surface area contributed by atoms with Gasteiger partial charge in [0.25, 0.3) is 0 Å². The van der Waals surface area contributed by atoms with Gasteiger partial charge in [-0.05, 0) is 11.1 Å². The predicted octanol–water partition coefficient (Wildman–Crippen LogP) is 2.03. The third kappa shape index (κ3) is 9.70. The Balaban J connectivity index is 1.45. The average molecular weight is 368 g/mol. The van der Waals surface area contributed by atoms with Crippen molar-refractivity contribution in [2.75, 3.05) is 32.8 Å². The molecule has 0 radical (unpaired) electrons. The molecule has 0 saturated heterocycles. The first-order chi connectivity index (χ1) is 13.2. The minimum Gasteiger partial charge on any atom is -0.389 e. The van der Waals surface area contributed by atoms with E-state index in [1.807, 2.05) is 72.8 Å². The van der Waals surface area contributed by atoms with Gasteiger partial charge in [0.2, 0.25) is 5.91 Å². The van der Waals surface area contributed by atoms with E-state index in [1.165, 1.54) is 0 Å². The van der Waals surface area contributed by atoms with E-state index in [9.17, 15) is 9.90 Å². The van der Waals surface area contributed by atoms with Crippen LogP contribution in [-0.2, 0) is 16.0 Å². The lowest BCUT2D eigenvalue weighted by atomic mass is 10.1. The third-order valence-corrected chi connectivity index (χ3v) is 3.85. The molecular formula is C22H28N2O3. The normalized spacial score (nSPS) is 12.2. The van der Waals surface area contributed by atoms with Gasteiger partial charge in [0.15, 0.2) is 0 Å². The number of aliphatic hydroxyl groups is 1. The third-order valence-electron chi connectivity index (χ3n) is 3.85. The Morgan fingerprint density at radius 3 is 2.48 bits per heavy atom. The van der Waals surface area contributed by atoms with E-state index in [4.69, 9.17) is 4.74 Å². The van der Waals surface area contributed by atoms with Gasteiger partial charge in [0, 0.05) is 19.6 Å². The molecule has 0 spiro atoms. The molecule has 5 heteroatoms. The van der Waals surface area contributed by atoms with Crippen LogP contribution in [0.1, 0.15) is 11.1 Å². The zero-order chi connectivity index (χ0) is 19.2. The van der Waals surface area contributed by atoms with E-state index in [2.05, 4.69) is 10.6 Å². The fraction of sp³-hybridized carbons (Fsp3) is 0.318. The Morgan fingerprint density at radius 2 is 1.74 bits per heavy atom. The van der Waals surface area contributed by atoms with Crippen LogP contribution >= 0.6 is 0 Å². The Kier molecular flexibility index (Phi) is 9.89. The van der Waals surface area contributed by atoms with Gasteiger partial charge in [-0.25, -0.2) is 0 Å². The van der Waals surface area contributed by atoms with Crippen molar-refractivity contribution in [2.24, 2.45) is 0 Å². The van der Waals surface area contributed by atoms with E-state index in [-0.39, 0.29) is 12.5 Å². The highest BCUT2D eigenvalue weighted by Crippen LogP contribution is 2.01. The molecule has 0 aliphatic carbocycles. The minimum absolute atomic E-state index is 0.00270. The highest BCUT2D eigenvalue weighted by Gasteiger charge is 2.04. The van der Waals surface area contributed by atoms with Crippen molar-refractivity contribution in [1.29, 1.82) is 0 Å². The first-order valence-corrected chi connectivity index (χ1v) is 9.23. The molecule has 0 bridgehead atoms. The van der Waals surface area contributed by atoms with Crippen LogP contribution < -0.4 is 10.6 Å².